The predicted octanol–water partition coefficient (Wildman–Crippen LogP) is 1.97. The molecule has 2 atom stereocenters. The van der Waals surface area contributed by atoms with E-state index in [0.29, 0.717) is 5.56 Å². The van der Waals surface area contributed by atoms with Gasteiger partial charge in [-0.2, -0.15) is 0 Å². The van der Waals surface area contributed by atoms with E-state index in [1.807, 2.05) is 0 Å². The van der Waals surface area contributed by atoms with Crippen LogP contribution in [0.1, 0.15) is 29.6 Å². The molecular formula is C19H32ClNO6. The molecule has 1 aliphatic rings. The third-order valence-electron chi connectivity index (χ3n) is 4.69. The molecule has 3 N–H and O–H groups in total. The van der Waals surface area contributed by atoms with Gasteiger partial charge in [0.15, 0.2) is 0 Å². The van der Waals surface area contributed by atoms with Gasteiger partial charge in [-0.3, -0.25) is 0 Å². The number of benzene rings is 1. The van der Waals surface area contributed by atoms with Crippen molar-refractivity contribution in [2.24, 2.45) is 0 Å². The van der Waals surface area contributed by atoms with Crippen LogP contribution in [0.25, 0.3) is 0 Å². The Balaban J connectivity index is 0.000000572. The third-order valence-corrected chi connectivity index (χ3v) is 4.69. The Hall–Kier alpha value is -1.22. The first-order valence-electron chi connectivity index (χ1n) is 8.76. The summed E-state index contributed by atoms with van der Waals surface area (Å²) < 4.78 is 16.8. The summed E-state index contributed by atoms with van der Waals surface area (Å²) in [5.41, 5.74) is -0.0818. The van der Waals surface area contributed by atoms with E-state index >= 15 is 0 Å². The van der Waals surface area contributed by atoms with Crippen molar-refractivity contribution in [3.63, 3.8) is 0 Å². The Labute approximate surface area is 167 Å². The molecule has 27 heavy (non-hydrogen) atoms. The van der Waals surface area contributed by atoms with Crippen molar-refractivity contribution in [2.45, 2.75) is 37.1 Å². The quantitative estimate of drug-likeness (QED) is 0.569. The lowest BCUT2D eigenvalue weighted by atomic mass is 9.82. The molecule has 1 saturated heterocycles. The summed E-state index contributed by atoms with van der Waals surface area (Å²) >= 11 is 0. The average Bonchev–Trinajstić information content (AvgIpc) is 2.69. The zero-order valence-corrected chi connectivity index (χ0v) is 17.0. The van der Waals surface area contributed by atoms with Crippen molar-refractivity contribution in [3.8, 4) is 0 Å². The second-order valence-electron chi connectivity index (χ2n) is 6.12. The first-order chi connectivity index (χ1) is 12.6. The lowest BCUT2D eigenvalue weighted by Crippen LogP contribution is -2.65. The number of rotatable bonds is 8. The number of aliphatic hydroxyl groups excluding tert-OH is 1. The molecular weight excluding hydrogens is 374 g/mol. The number of halogens is 1. The normalized spacial score (nSPS) is 24.3. The Bertz CT molecular complexity index is 504. The first-order valence-corrected chi connectivity index (χ1v) is 8.76. The predicted molar refractivity (Wildman–Crippen MR) is 106 cm³/mol. The molecule has 0 amide bonds. The van der Waals surface area contributed by atoms with Crippen LogP contribution in [0.2, 0.25) is 0 Å². The number of methoxy groups -OCH3 is 3. The molecule has 1 aromatic carbocycles. The molecule has 8 heteroatoms. The maximum atomic E-state index is 10.2. The summed E-state index contributed by atoms with van der Waals surface area (Å²) in [6.45, 7) is 1.75. The van der Waals surface area contributed by atoms with E-state index in [9.17, 15) is 4.79 Å². The smallest absolute Gasteiger partial charge is 0.335 e. The molecule has 0 saturated carbocycles. The number of carboxylic acids is 1. The number of unbranched alkanes of at least 4 members (excludes halogenated alkanes) is 1. The minimum absolute atomic E-state index is 0. The Morgan fingerprint density at radius 1 is 1.11 bits per heavy atom. The van der Waals surface area contributed by atoms with Crippen molar-refractivity contribution in [1.29, 1.82) is 0 Å². The summed E-state index contributed by atoms with van der Waals surface area (Å²) in [6, 6.07) is 8.30. The summed E-state index contributed by atoms with van der Waals surface area (Å²) in [4.78, 5) is 10.2. The minimum Gasteiger partial charge on any atom is -0.478 e. The second-order valence-corrected chi connectivity index (χ2v) is 6.12. The van der Waals surface area contributed by atoms with Gasteiger partial charge in [0.1, 0.15) is 17.8 Å². The van der Waals surface area contributed by atoms with E-state index < -0.39 is 11.6 Å². The van der Waals surface area contributed by atoms with Gasteiger partial charge in [-0.05, 0) is 31.4 Å². The summed E-state index contributed by atoms with van der Waals surface area (Å²) in [5.74, 6) is -0.879. The SMILES string of the molecule is COC1CNCC(OC)C1(CCCCO)OC.Cl.O=C(O)c1ccccc1. The van der Waals surface area contributed by atoms with Crippen LogP contribution < -0.4 is 5.32 Å². The summed E-state index contributed by atoms with van der Waals surface area (Å²) in [5, 5.41) is 20.6. The van der Waals surface area contributed by atoms with E-state index in [-0.39, 0.29) is 31.2 Å². The molecule has 2 unspecified atom stereocenters. The van der Waals surface area contributed by atoms with Crippen molar-refractivity contribution >= 4 is 18.4 Å². The molecule has 1 fully saturated rings. The zero-order valence-electron chi connectivity index (χ0n) is 16.2. The van der Waals surface area contributed by atoms with Gasteiger partial charge < -0.3 is 29.7 Å². The fourth-order valence-corrected chi connectivity index (χ4v) is 3.24. The molecule has 0 radical (unpaired) electrons. The lowest BCUT2D eigenvalue weighted by molar-refractivity contribution is -0.198. The van der Waals surface area contributed by atoms with Crippen LogP contribution in [-0.2, 0) is 14.2 Å². The number of piperidine rings is 1. The van der Waals surface area contributed by atoms with Crippen molar-refractivity contribution in [3.05, 3.63) is 35.9 Å². The van der Waals surface area contributed by atoms with E-state index in [2.05, 4.69) is 5.32 Å². The van der Waals surface area contributed by atoms with Crippen molar-refractivity contribution in [1.82, 2.24) is 5.32 Å². The fourth-order valence-electron chi connectivity index (χ4n) is 3.24. The van der Waals surface area contributed by atoms with Crippen LogP contribution in [0, 0.1) is 0 Å². The number of carbonyl (C=O) groups is 1. The number of carboxylic acid groups (broad SMARTS) is 1. The number of hydrogen-bond acceptors (Lipinski definition) is 6. The van der Waals surface area contributed by atoms with Gasteiger partial charge in [-0.15, -0.1) is 12.4 Å². The van der Waals surface area contributed by atoms with Crippen molar-refractivity contribution < 1.29 is 29.2 Å². The molecule has 2 rings (SSSR count). The topological polar surface area (TPSA) is 97.3 Å². The molecule has 0 spiro atoms. The van der Waals surface area contributed by atoms with Gasteiger partial charge in [0.25, 0.3) is 0 Å². The monoisotopic (exact) mass is 405 g/mol. The fraction of sp³-hybridized carbons (Fsp3) is 0.632. The molecule has 1 aliphatic heterocycles. The van der Waals surface area contributed by atoms with E-state index in [4.69, 9.17) is 24.4 Å². The van der Waals surface area contributed by atoms with Crippen LogP contribution in [0.5, 0.6) is 0 Å². The summed E-state index contributed by atoms with van der Waals surface area (Å²) in [6.07, 6.45) is 2.48. The molecule has 0 bridgehead atoms. The van der Waals surface area contributed by atoms with Gasteiger partial charge >= 0.3 is 5.97 Å². The molecule has 1 heterocycles. The maximum absolute atomic E-state index is 10.2. The Kier molecular flexibility index (Phi) is 13.2. The Morgan fingerprint density at radius 3 is 2.04 bits per heavy atom. The number of aromatic carboxylic acids is 1. The second kappa shape index (κ2) is 13.9. The van der Waals surface area contributed by atoms with Crippen LogP contribution in [0.3, 0.4) is 0 Å². The molecule has 0 aliphatic carbocycles. The third kappa shape index (κ3) is 7.37. The highest BCUT2D eigenvalue weighted by atomic mass is 35.5. The van der Waals surface area contributed by atoms with E-state index in [1.165, 1.54) is 0 Å². The van der Waals surface area contributed by atoms with Crippen LogP contribution >= 0.6 is 12.4 Å². The Morgan fingerprint density at radius 2 is 1.67 bits per heavy atom. The van der Waals surface area contributed by atoms with E-state index in [1.54, 1.807) is 51.7 Å². The van der Waals surface area contributed by atoms with E-state index in [0.717, 1.165) is 32.4 Å². The number of nitrogens with one attached hydrogen (secondary N) is 1. The minimum atomic E-state index is -0.879. The van der Waals surface area contributed by atoms with Crippen LogP contribution in [0.15, 0.2) is 30.3 Å². The number of aliphatic hydroxyl groups is 1. The maximum Gasteiger partial charge on any atom is 0.335 e. The van der Waals surface area contributed by atoms with Crippen molar-refractivity contribution in [2.75, 3.05) is 41.0 Å². The van der Waals surface area contributed by atoms with Crippen LogP contribution in [-0.4, -0.2) is 75.0 Å². The number of ether oxygens (including phenoxy) is 3. The largest absolute Gasteiger partial charge is 0.478 e. The van der Waals surface area contributed by atoms with Gasteiger partial charge in [0.2, 0.25) is 0 Å². The molecule has 7 nitrogen and oxygen atoms in total. The first kappa shape index (κ1) is 25.8. The standard InChI is InChI=1S/C12H25NO4.C7H6O2.ClH/c1-15-10-8-13-9-11(16-2)12(10,17-3)6-4-5-7-14;8-7(9)6-4-2-1-3-5-6;/h10-11,13-14H,4-9H2,1-3H3;1-5H,(H,8,9);1H. The number of hydrogen-bond donors (Lipinski definition) is 3. The lowest BCUT2D eigenvalue weighted by Gasteiger charge is -2.47. The average molecular weight is 406 g/mol. The van der Waals surface area contributed by atoms with Crippen LogP contribution in [0.4, 0.5) is 0 Å². The zero-order chi connectivity index (χ0) is 19.4. The highest BCUT2D eigenvalue weighted by Crippen LogP contribution is 2.32. The van der Waals surface area contributed by atoms with Gasteiger partial charge in [0, 0.05) is 41.0 Å². The molecule has 0 aromatic heterocycles. The molecule has 156 valence electrons. The molecule has 1 aromatic rings. The van der Waals surface area contributed by atoms with Gasteiger partial charge in [0.05, 0.1) is 5.56 Å². The highest BCUT2D eigenvalue weighted by molar-refractivity contribution is 5.87. The van der Waals surface area contributed by atoms with Gasteiger partial charge in [-0.1, -0.05) is 18.2 Å². The summed E-state index contributed by atoms with van der Waals surface area (Å²) in [7, 11) is 5.11. The van der Waals surface area contributed by atoms with Gasteiger partial charge in [-0.25, -0.2) is 4.79 Å². The highest BCUT2D eigenvalue weighted by Gasteiger charge is 2.48.